The maximum Gasteiger partial charge on any atom is 0.227 e. The summed E-state index contributed by atoms with van der Waals surface area (Å²) < 4.78 is 31.3. The summed E-state index contributed by atoms with van der Waals surface area (Å²) in [5, 5.41) is 6.26. The lowest BCUT2D eigenvalue weighted by atomic mass is 10.1. The summed E-state index contributed by atoms with van der Waals surface area (Å²) >= 11 is 0. The Hall–Kier alpha value is -2.31. The molecular formula is C14H15F2N3O2. The van der Waals surface area contributed by atoms with Gasteiger partial charge in [-0.3, -0.25) is 4.79 Å². The summed E-state index contributed by atoms with van der Waals surface area (Å²) in [7, 11) is 0. The van der Waals surface area contributed by atoms with Crippen molar-refractivity contribution >= 4 is 5.91 Å². The summed E-state index contributed by atoms with van der Waals surface area (Å²) in [6.45, 7) is 3.32. The summed E-state index contributed by atoms with van der Waals surface area (Å²) in [6, 6.07) is 2.71. The van der Waals surface area contributed by atoms with E-state index < -0.39 is 17.7 Å². The molecule has 1 unspecified atom stereocenters. The van der Waals surface area contributed by atoms with E-state index in [2.05, 4.69) is 15.5 Å². The number of amides is 1. The zero-order valence-electron chi connectivity index (χ0n) is 11.7. The number of carbonyl (C=O) groups excluding carboxylic acids is 1. The van der Waals surface area contributed by atoms with Crippen LogP contribution in [0.3, 0.4) is 0 Å². The predicted molar refractivity (Wildman–Crippen MR) is 70.3 cm³/mol. The predicted octanol–water partition coefficient (Wildman–Crippen LogP) is 2.47. The van der Waals surface area contributed by atoms with Crippen molar-refractivity contribution in [2.75, 3.05) is 0 Å². The van der Waals surface area contributed by atoms with Crippen LogP contribution in [0, 0.1) is 18.6 Å². The molecule has 0 saturated heterocycles. The molecule has 0 aliphatic carbocycles. The smallest absolute Gasteiger partial charge is 0.227 e. The SMILES string of the molecule is Cc1noc(CCC(=O)NC(C)c2ccc(F)cc2F)n1. The van der Waals surface area contributed by atoms with Crippen molar-refractivity contribution in [2.24, 2.45) is 0 Å². The fourth-order valence-corrected chi connectivity index (χ4v) is 1.91. The van der Waals surface area contributed by atoms with Crippen molar-refractivity contribution in [1.29, 1.82) is 0 Å². The first-order valence-electron chi connectivity index (χ1n) is 6.49. The Morgan fingerprint density at radius 1 is 1.43 bits per heavy atom. The lowest BCUT2D eigenvalue weighted by Gasteiger charge is -2.14. The van der Waals surface area contributed by atoms with Gasteiger partial charge in [-0.25, -0.2) is 8.78 Å². The number of benzene rings is 1. The molecule has 2 rings (SSSR count). The number of halogens is 2. The summed E-state index contributed by atoms with van der Waals surface area (Å²) in [5.41, 5.74) is 0.235. The molecular weight excluding hydrogens is 280 g/mol. The largest absolute Gasteiger partial charge is 0.349 e. The topological polar surface area (TPSA) is 68.0 Å². The first-order valence-corrected chi connectivity index (χ1v) is 6.49. The molecule has 1 aromatic carbocycles. The van der Waals surface area contributed by atoms with Gasteiger partial charge in [0, 0.05) is 24.5 Å². The number of nitrogens with zero attached hydrogens (tertiary/aromatic N) is 2. The molecule has 21 heavy (non-hydrogen) atoms. The van der Waals surface area contributed by atoms with Gasteiger partial charge in [0.25, 0.3) is 0 Å². The van der Waals surface area contributed by atoms with Gasteiger partial charge in [-0.15, -0.1) is 0 Å². The van der Waals surface area contributed by atoms with Crippen LogP contribution in [0.4, 0.5) is 8.78 Å². The lowest BCUT2D eigenvalue weighted by Crippen LogP contribution is -2.27. The van der Waals surface area contributed by atoms with Gasteiger partial charge in [-0.1, -0.05) is 11.2 Å². The molecule has 1 aromatic heterocycles. The van der Waals surface area contributed by atoms with Gasteiger partial charge in [0.1, 0.15) is 11.6 Å². The second-order valence-corrected chi connectivity index (χ2v) is 4.69. The van der Waals surface area contributed by atoms with Crippen molar-refractivity contribution in [3.8, 4) is 0 Å². The summed E-state index contributed by atoms with van der Waals surface area (Å²) in [4.78, 5) is 15.8. The van der Waals surface area contributed by atoms with Gasteiger partial charge < -0.3 is 9.84 Å². The van der Waals surface area contributed by atoms with Crippen molar-refractivity contribution in [1.82, 2.24) is 15.5 Å². The Morgan fingerprint density at radius 3 is 2.81 bits per heavy atom. The zero-order valence-corrected chi connectivity index (χ0v) is 11.7. The molecule has 0 bridgehead atoms. The Labute approximate surface area is 120 Å². The van der Waals surface area contributed by atoms with Crippen LogP contribution in [0.25, 0.3) is 0 Å². The van der Waals surface area contributed by atoms with Gasteiger partial charge in [0.05, 0.1) is 6.04 Å². The minimum absolute atomic E-state index is 0.148. The van der Waals surface area contributed by atoms with E-state index in [4.69, 9.17) is 4.52 Å². The van der Waals surface area contributed by atoms with Crippen LogP contribution in [0.15, 0.2) is 22.7 Å². The van der Waals surface area contributed by atoms with E-state index >= 15 is 0 Å². The fourth-order valence-electron chi connectivity index (χ4n) is 1.91. The zero-order chi connectivity index (χ0) is 15.4. The maximum absolute atomic E-state index is 13.6. The van der Waals surface area contributed by atoms with E-state index in [1.54, 1.807) is 13.8 Å². The molecule has 1 atom stereocenters. The minimum atomic E-state index is -0.685. The number of carbonyl (C=O) groups is 1. The molecule has 112 valence electrons. The summed E-state index contributed by atoms with van der Waals surface area (Å²) in [5.74, 6) is -0.727. The third-order valence-electron chi connectivity index (χ3n) is 2.94. The van der Waals surface area contributed by atoms with Gasteiger partial charge >= 0.3 is 0 Å². The first kappa shape index (κ1) is 15.1. The van der Waals surface area contributed by atoms with E-state index in [-0.39, 0.29) is 17.9 Å². The van der Waals surface area contributed by atoms with Gasteiger partial charge in [0.15, 0.2) is 5.82 Å². The van der Waals surface area contributed by atoms with Crippen LogP contribution in [-0.4, -0.2) is 16.0 Å². The van der Waals surface area contributed by atoms with Crippen LogP contribution in [0.5, 0.6) is 0 Å². The molecule has 1 N–H and O–H groups in total. The van der Waals surface area contributed by atoms with Crippen molar-refractivity contribution in [3.05, 3.63) is 47.1 Å². The van der Waals surface area contributed by atoms with Crippen molar-refractivity contribution in [2.45, 2.75) is 32.7 Å². The monoisotopic (exact) mass is 295 g/mol. The number of hydrogen-bond acceptors (Lipinski definition) is 4. The number of rotatable bonds is 5. The molecule has 0 radical (unpaired) electrons. The van der Waals surface area contributed by atoms with Gasteiger partial charge in [-0.05, 0) is 19.9 Å². The van der Waals surface area contributed by atoms with E-state index in [0.29, 0.717) is 18.1 Å². The fraction of sp³-hybridized carbons (Fsp3) is 0.357. The van der Waals surface area contributed by atoms with Crippen LogP contribution >= 0.6 is 0 Å². The molecule has 1 heterocycles. The number of nitrogens with one attached hydrogen (secondary N) is 1. The molecule has 1 amide bonds. The number of hydrogen-bond donors (Lipinski definition) is 1. The van der Waals surface area contributed by atoms with Crippen LogP contribution < -0.4 is 5.32 Å². The van der Waals surface area contributed by atoms with E-state index in [1.165, 1.54) is 6.07 Å². The number of aryl methyl sites for hydroxylation is 2. The molecule has 0 saturated carbocycles. The summed E-state index contributed by atoms with van der Waals surface area (Å²) in [6.07, 6.45) is 0.458. The quantitative estimate of drug-likeness (QED) is 0.920. The Balaban J connectivity index is 1.89. The number of aromatic nitrogens is 2. The average molecular weight is 295 g/mol. The van der Waals surface area contributed by atoms with E-state index in [9.17, 15) is 13.6 Å². The highest BCUT2D eigenvalue weighted by molar-refractivity contribution is 5.76. The van der Waals surface area contributed by atoms with E-state index in [1.807, 2.05) is 0 Å². The van der Waals surface area contributed by atoms with Crippen molar-refractivity contribution < 1.29 is 18.1 Å². The van der Waals surface area contributed by atoms with Crippen LogP contribution in [0.1, 0.15) is 36.7 Å². The van der Waals surface area contributed by atoms with Crippen LogP contribution in [-0.2, 0) is 11.2 Å². The Kier molecular flexibility index (Phi) is 4.62. The molecule has 0 aliphatic heterocycles. The third kappa shape index (κ3) is 4.08. The van der Waals surface area contributed by atoms with Crippen molar-refractivity contribution in [3.63, 3.8) is 0 Å². The highest BCUT2D eigenvalue weighted by Crippen LogP contribution is 2.17. The molecule has 0 spiro atoms. The molecule has 0 fully saturated rings. The van der Waals surface area contributed by atoms with E-state index in [0.717, 1.165) is 12.1 Å². The molecule has 7 heteroatoms. The first-order chi connectivity index (χ1) is 9.95. The standard InChI is InChI=1S/C14H15F2N3O2/c1-8(11-4-3-10(15)7-12(11)16)17-13(20)5-6-14-18-9(2)19-21-14/h3-4,7-8H,5-6H2,1-2H3,(H,17,20). The minimum Gasteiger partial charge on any atom is -0.349 e. The molecule has 2 aromatic rings. The molecule has 0 aliphatic rings. The second kappa shape index (κ2) is 6.43. The third-order valence-corrected chi connectivity index (χ3v) is 2.94. The van der Waals surface area contributed by atoms with Gasteiger partial charge in [-0.2, -0.15) is 4.98 Å². The second-order valence-electron chi connectivity index (χ2n) is 4.69. The normalized spacial score (nSPS) is 12.2. The Morgan fingerprint density at radius 2 is 2.19 bits per heavy atom. The van der Waals surface area contributed by atoms with Crippen LogP contribution in [0.2, 0.25) is 0 Å². The Bertz CT molecular complexity index is 643. The molecule has 5 nitrogen and oxygen atoms in total. The van der Waals surface area contributed by atoms with Gasteiger partial charge in [0.2, 0.25) is 11.8 Å². The average Bonchev–Trinajstić information content (AvgIpc) is 2.82. The highest BCUT2D eigenvalue weighted by atomic mass is 19.1. The lowest BCUT2D eigenvalue weighted by molar-refractivity contribution is -0.121. The highest BCUT2D eigenvalue weighted by Gasteiger charge is 2.15. The maximum atomic E-state index is 13.6.